The number of esters is 1. The second kappa shape index (κ2) is 6.48. The molecule has 162 valence electrons. The van der Waals surface area contributed by atoms with E-state index in [4.69, 9.17) is 9.47 Å². The number of aliphatic hydroxyl groups excluding tert-OH is 1. The maximum absolute atomic E-state index is 13.1. The standard InChI is InChI=1S/C20H31N3O6/c1-5-28-15(25)14-13-8-23(20-9-19(10-20,11-20)12-24)16(26)21(13)6-7-22(14)17(27)29-18(2,3)4/h13-14,24H,5-12H2,1-4H3/t13-,14+,19?,20?/m1/s1. The average molecular weight is 409 g/mol. The van der Waals surface area contributed by atoms with Gasteiger partial charge < -0.3 is 24.4 Å². The Morgan fingerprint density at radius 2 is 1.86 bits per heavy atom. The third-order valence-corrected chi connectivity index (χ3v) is 6.70. The lowest BCUT2D eigenvalue weighted by Crippen LogP contribution is -2.76. The van der Waals surface area contributed by atoms with Crippen LogP contribution in [0, 0.1) is 5.41 Å². The summed E-state index contributed by atoms with van der Waals surface area (Å²) in [6.45, 7) is 8.37. The summed E-state index contributed by atoms with van der Waals surface area (Å²) in [6.07, 6.45) is 1.86. The van der Waals surface area contributed by atoms with Crippen LogP contribution in [0.25, 0.3) is 0 Å². The predicted molar refractivity (Wildman–Crippen MR) is 102 cm³/mol. The molecule has 0 spiro atoms. The number of piperazine rings is 1. The Morgan fingerprint density at radius 1 is 1.21 bits per heavy atom. The lowest BCUT2D eigenvalue weighted by Gasteiger charge is -2.72. The Morgan fingerprint density at radius 3 is 2.41 bits per heavy atom. The molecule has 5 fully saturated rings. The third-order valence-electron chi connectivity index (χ3n) is 6.70. The van der Waals surface area contributed by atoms with Gasteiger partial charge >= 0.3 is 18.1 Å². The van der Waals surface area contributed by atoms with Gasteiger partial charge in [-0.3, -0.25) is 4.90 Å². The van der Waals surface area contributed by atoms with Gasteiger partial charge in [-0.15, -0.1) is 0 Å². The maximum atomic E-state index is 13.1. The number of carbonyl (C=O) groups is 3. The van der Waals surface area contributed by atoms with E-state index < -0.39 is 29.7 Å². The van der Waals surface area contributed by atoms with Gasteiger partial charge in [0.2, 0.25) is 0 Å². The van der Waals surface area contributed by atoms with Crippen molar-refractivity contribution in [3.63, 3.8) is 0 Å². The Bertz CT molecular complexity index is 712. The SMILES string of the molecule is CCOC(=O)[C@@H]1[C@H]2CN(C34CC(CO)(C3)C4)C(=O)N2CCN1C(=O)OC(C)(C)C. The zero-order valence-corrected chi connectivity index (χ0v) is 17.6. The first-order valence-electron chi connectivity index (χ1n) is 10.4. The van der Waals surface area contributed by atoms with Gasteiger partial charge in [-0.2, -0.15) is 0 Å². The van der Waals surface area contributed by atoms with Crippen molar-refractivity contribution in [1.82, 2.24) is 14.7 Å². The topological polar surface area (TPSA) is 99.6 Å². The van der Waals surface area contributed by atoms with Crippen molar-refractivity contribution in [2.75, 3.05) is 32.8 Å². The number of amides is 3. The van der Waals surface area contributed by atoms with Gasteiger partial charge in [-0.25, -0.2) is 14.4 Å². The summed E-state index contributed by atoms with van der Waals surface area (Å²) in [7, 11) is 0. The van der Waals surface area contributed by atoms with Crippen LogP contribution in [-0.2, 0) is 14.3 Å². The summed E-state index contributed by atoms with van der Waals surface area (Å²) in [4.78, 5) is 43.7. The highest BCUT2D eigenvalue weighted by Crippen LogP contribution is 2.70. The lowest BCUT2D eigenvalue weighted by atomic mass is 9.39. The minimum Gasteiger partial charge on any atom is -0.464 e. The molecule has 5 rings (SSSR count). The van der Waals surface area contributed by atoms with Crippen molar-refractivity contribution in [2.45, 2.75) is 70.2 Å². The number of fused-ring (bicyclic) bond motifs is 1. The molecule has 2 bridgehead atoms. The van der Waals surface area contributed by atoms with Gasteiger partial charge in [0.05, 0.1) is 12.6 Å². The predicted octanol–water partition coefficient (Wildman–Crippen LogP) is 1.19. The Labute approximate surface area is 170 Å². The van der Waals surface area contributed by atoms with E-state index in [1.165, 1.54) is 4.90 Å². The Hall–Kier alpha value is -2.03. The molecule has 0 aromatic heterocycles. The summed E-state index contributed by atoms with van der Waals surface area (Å²) in [6, 6.07) is -1.42. The molecule has 5 aliphatic rings. The van der Waals surface area contributed by atoms with Crippen molar-refractivity contribution < 1.29 is 29.0 Å². The number of carbonyl (C=O) groups excluding carboxylic acids is 3. The smallest absolute Gasteiger partial charge is 0.411 e. The van der Waals surface area contributed by atoms with Crippen LogP contribution in [0.1, 0.15) is 47.0 Å². The highest BCUT2D eigenvalue weighted by molar-refractivity contribution is 5.86. The van der Waals surface area contributed by atoms with Gasteiger partial charge in [-0.1, -0.05) is 0 Å². The quantitative estimate of drug-likeness (QED) is 0.700. The molecule has 0 aromatic rings. The summed E-state index contributed by atoms with van der Waals surface area (Å²) < 4.78 is 10.8. The summed E-state index contributed by atoms with van der Waals surface area (Å²) in [5, 5.41) is 9.54. The molecule has 9 nitrogen and oxygen atoms in total. The van der Waals surface area contributed by atoms with Crippen LogP contribution in [0.2, 0.25) is 0 Å². The number of ether oxygens (including phenoxy) is 2. The van der Waals surface area contributed by atoms with Crippen LogP contribution < -0.4 is 0 Å². The van der Waals surface area contributed by atoms with E-state index in [2.05, 4.69) is 0 Å². The zero-order chi connectivity index (χ0) is 21.2. The number of aliphatic hydroxyl groups is 1. The first-order valence-corrected chi connectivity index (χ1v) is 10.4. The van der Waals surface area contributed by atoms with E-state index in [-0.39, 0.29) is 36.7 Å². The van der Waals surface area contributed by atoms with Crippen LogP contribution >= 0.6 is 0 Å². The molecule has 0 radical (unpaired) electrons. The molecule has 3 aliphatic carbocycles. The van der Waals surface area contributed by atoms with Crippen LogP contribution in [0.5, 0.6) is 0 Å². The van der Waals surface area contributed by atoms with Crippen molar-refractivity contribution in [1.29, 1.82) is 0 Å². The van der Waals surface area contributed by atoms with E-state index >= 15 is 0 Å². The molecule has 3 amide bonds. The number of hydrogen-bond acceptors (Lipinski definition) is 6. The van der Waals surface area contributed by atoms with Crippen molar-refractivity contribution in [3.05, 3.63) is 0 Å². The van der Waals surface area contributed by atoms with Crippen LogP contribution in [0.3, 0.4) is 0 Å². The largest absolute Gasteiger partial charge is 0.464 e. The fourth-order valence-electron chi connectivity index (χ4n) is 5.58. The molecule has 0 aromatic carbocycles. The molecule has 0 unspecified atom stereocenters. The van der Waals surface area contributed by atoms with Crippen LogP contribution in [0.4, 0.5) is 9.59 Å². The maximum Gasteiger partial charge on any atom is 0.411 e. The van der Waals surface area contributed by atoms with Crippen molar-refractivity contribution in [2.24, 2.45) is 5.41 Å². The third kappa shape index (κ3) is 3.05. The molecular weight excluding hydrogens is 378 g/mol. The van der Waals surface area contributed by atoms with E-state index in [0.29, 0.717) is 13.1 Å². The number of rotatable bonds is 4. The summed E-state index contributed by atoms with van der Waals surface area (Å²) >= 11 is 0. The average Bonchev–Trinajstić information content (AvgIpc) is 2.88. The van der Waals surface area contributed by atoms with E-state index in [9.17, 15) is 19.5 Å². The van der Waals surface area contributed by atoms with Crippen molar-refractivity contribution in [3.8, 4) is 0 Å². The van der Waals surface area contributed by atoms with Crippen molar-refractivity contribution >= 4 is 18.1 Å². The first kappa shape index (κ1) is 20.3. The second-order valence-corrected chi connectivity index (χ2v) is 9.94. The normalized spacial score (nSPS) is 35.6. The zero-order valence-electron chi connectivity index (χ0n) is 17.6. The monoisotopic (exact) mass is 409 g/mol. The molecule has 1 N–H and O–H groups in total. The Balaban J connectivity index is 1.56. The molecular formula is C20H31N3O6. The van der Waals surface area contributed by atoms with Gasteiger partial charge in [-0.05, 0) is 47.0 Å². The summed E-state index contributed by atoms with van der Waals surface area (Å²) in [5.74, 6) is -0.507. The molecule has 2 aliphatic heterocycles. The molecule has 2 atom stereocenters. The number of urea groups is 1. The lowest BCUT2D eigenvalue weighted by molar-refractivity contribution is -0.218. The van der Waals surface area contributed by atoms with Crippen LogP contribution in [0.15, 0.2) is 0 Å². The minimum atomic E-state index is -0.883. The number of hydrogen-bond donors (Lipinski definition) is 1. The fraction of sp³-hybridized carbons (Fsp3) is 0.850. The van der Waals surface area contributed by atoms with Gasteiger partial charge in [0.25, 0.3) is 0 Å². The fourth-order valence-corrected chi connectivity index (χ4v) is 5.58. The molecule has 29 heavy (non-hydrogen) atoms. The van der Waals surface area contributed by atoms with Gasteiger partial charge in [0.1, 0.15) is 5.60 Å². The van der Waals surface area contributed by atoms with E-state index in [1.807, 2.05) is 4.90 Å². The van der Waals surface area contributed by atoms with E-state index in [1.54, 1.807) is 32.6 Å². The Kier molecular flexibility index (Phi) is 4.53. The summed E-state index contributed by atoms with van der Waals surface area (Å²) in [5.41, 5.74) is -0.908. The van der Waals surface area contributed by atoms with Gasteiger partial charge in [0, 0.05) is 37.2 Å². The molecule has 2 saturated heterocycles. The van der Waals surface area contributed by atoms with E-state index in [0.717, 1.165) is 19.3 Å². The minimum absolute atomic E-state index is 0.0214. The highest BCUT2D eigenvalue weighted by Gasteiger charge is 2.72. The molecule has 2 heterocycles. The second-order valence-electron chi connectivity index (χ2n) is 9.94. The first-order chi connectivity index (χ1) is 13.5. The molecule has 3 saturated carbocycles. The van der Waals surface area contributed by atoms with Gasteiger partial charge in [0.15, 0.2) is 6.04 Å². The number of nitrogens with zero attached hydrogens (tertiary/aromatic N) is 3. The molecule has 9 heteroatoms. The highest BCUT2D eigenvalue weighted by atomic mass is 16.6. The van der Waals surface area contributed by atoms with Crippen LogP contribution in [-0.4, -0.2) is 94.0 Å².